The van der Waals surface area contributed by atoms with E-state index in [2.05, 4.69) is 67.1 Å². The fraction of sp³-hybridized carbons (Fsp3) is 0.667. The molecule has 1 N–H and O–H groups in total. The first kappa shape index (κ1) is 17.7. The summed E-state index contributed by atoms with van der Waals surface area (Å²) in [5, 5.41) is 3.67. The lowest BCUT2D eigenvalue weighted by Gasteiger charge is -2.24. The summed E-state index contributed by atoms with van der Waals surface area (Å²) >= 11 is 3.63. The van der Waals surface area contributed by atoms with Crippen molar-refractivity contribution in [3.63, 3.8) is 0 Å². The lowest BCUT2D eigenvalue weighted by Crippen LogP contribution is -2.23. The van der Waals surface area contributed by atoms with Gasteiger partial charge in [0.1, 0.15) is 0 Å². The second-order valence-corrected chi connectivity index (χ2v) is 6.74. The Balaban J connectivity index is 2.81. The minimum atomic E-state index is 0.484. The molecule has 0 spiro atoms. The van der Waals surface area contributed by atoms with Gasteiger partial charge in [0.2, 0.25) is 0 Å². The molecular weight excluding hydrogens is 310 g/mol. The van der Waals surface area contributed by atoms with Crippen LogP contribution in [0.25, 0.3) is 0 Å². The summed E-state index contributed by atoms with van der Waals surface area (Å²) in [4.78, 5) is 0. The van der Waals surface area contributed by atoms with Crippen LogP contribution in [-0.4, -0.2) is 6.54 Å². The van der Waals surface area contributed by atoms with Gasteiger partial charge in [-0.25, -0.2) is 0 Å². The topological polar surface area (TPSA) is 12.0 Å². The fourth-order valence-corrected chi connectivity index (χ4v) is 3.49. The van der Waals surface area contributed by atoms with E-state index in [0.717, 1.165) is 12.5 Å². The molecule has 2 unspecified atom stereocenters. The van der Waals surface area contributed by atoms with Crippen molar-refractivity contribution in [2.75, 3.05) is 6.54 Å². The van der Waals surface area contributed by atoms with Crippen LogP contribution in [0.15, 0.2) is 22.7 Å². The minimum Gasteiger partial charge on any atom is -0.310 e. The lowest BCUT2D eigenvalue weighted by molar-refractivity contribution is 0.357. The van der Waals surface area contributed by atoms with E-state index in [-0.39, 0.29) is 0 Å². The number of hydrogen-bond donors (Lipinski definition) is 1. The molecule has 0 bridgehead atoms. The van der Waals surface area contributed by atoms with E-state index >= 15 is 0 Å². The summed E-state index contributed by atoms with van der Waals surface area (Å²) in [6, 6.07) is 7.26. The van der Waals surface area contributed by atoms with Crippen molar-refractivity contribution in [3.8, 4) is 0 Å². The van der Waals surface area contributed by atoms with Crippen LogP contribution in [0, 0.1) is 12.8 Å². The molecule has 0 aliphatic rings. The number of hydrogen-bond acceptors (Lipinski definition) is 1. The molecule has 114 valence electrons. The second kappa shape index (κ2) is 9.57. The Morgan fingerprint density at radius 1 is 1.15 bits per heavy atom. The highest BCUT2D eigenvalue weighted by atomic mass is 79.9. The number of unbranched alkanes of at least 4 members (excludes halogenated alkanes) is 1. The first-order valence-corrected chi connectivity index (χ1v) is 8.90. The van der Waals surface area contributed by atoms with Gasteiger partial charge < -0.3 is 5.32 Å². The first-order valence-electron chi connectivity index (χ1n) is 8.11. The number of nitrogens with one attached hydrogen (secondary N) is 1. The molecule has 0 aromatic heterocycles. The molecule has 2 heteroatoms. The van der Waals surface area contributed by atoms with Crippen LogP contribution in [0.3, 0.4) is 0 Å². The Hall–Kier alpha value is -0.340. The van der Waals surface area contributed by atoms with Crippen LogP contribution in [0.2, 0.25) is 0 Å². The summed E-state index contributed by atoms with van der Waals surface area (Å²) in [5.41, 5.74) is 2.76. The Kier molecular flexibility index (Phi) is 8.47. The van der Waals surface area contributed by atoms with Gasteiger partial charge >= 0.3 is 0 Å². The van der Waals surface area contributed by atoms with Gasteiger partial charge in [-0.2, -0.15) is 0 Å². The summed E-state index contributed by atoms with van der Waals surface area (Å²) in [5.74, 6) is 0.832. The molecule has 1 rings (SSSR count). The van der Waals surface area contributed by atoms with Gasteiger partial charge in [-0.05, 0) is 49.1 Å². The highest BCUT2D eigenvalue weighted by Crippen LogP contribution is 2.29. The number of halogens is 1. The van der Waals surface area contributed by atoms with Crippen molar-refractivity contribution >= 4 is 15.9 Å². The van der Waals surface area contributed by atoms with Gasteiger partial charge in [0.05, 0.1) is 0 Å². The number of aryl methyl sites for hydroxylation is 1. The van der Waals surface area contributed by atoms with Crippen molar-refractivity contribution in [2.45, 2.75) is 65.8 Å². The molecule has 2 atom stereocenters. The molecule has 0 saturated heterocycles. The maximum atomic E-state index is 3.67. The quantitative estimate of drug-likeness (QED) is 0.580. The summed E-state index contributed by atoms with van der Waals surface area (Å²) < 4.78 is 1.19. The molecule has 1 aromatic carbocycles. The highest BCUT2D eigenvalue weighted by molar-refractivity contribution is 9.10. The van der Waals surface area contributed by atoms with Crippen molar-refractivity contribution in [3.05, 3.63) is 33.8 Å². The van der Waals surface area contributed by atoms with Gasteiger partial charge in [0.15, 0.2) is 0 Å². The third-order valence-corrected chi connectivity index (χ3v) is 4.49. The Morgan fingerprint density at radius 2 is 1.90 bits per heavy atom. The predicted octanol–water partition coefficient (Wildman–Crippen LogP) is 6.01. The average molecular weight is 340 g/mol. The molecule has 1 nitrogen and oxygen atoms in total. The molecule has 0 fully saturated rings. The average Bonchev–Trinajstić information content (AvgIpc) is 2.41. The zero-order valence-electron chi connectivity index (χ0n) is 13.5. The first-order chi connectivity index (χ1) is 9.60. The van der Waals surface area contributed by atoms with Crippen LogP contribution in [0.4, 0.5) is 0 Å². The van der Waals surface area contributed by atoms with E-state index in [0.29, 0.717) is 6.04 Å². The number of rotatable bonds is 9. The maximum absolute atomic E-state index is 3.67. The molecule has 20 heavy (non-hydrogen) atoms. The van der Waals surface area contributed by atoms with Crippen molar-refractivity contribution < 1.29 is 0 Å². The van der Waals surface area contributed by atoms with Crippen molar-refractivity contribution in [1.29, 1.82) is 0 Å². The maximum Gasteiger partial charge on any atom is 0.0323 e. The molecule has 0 aliphatic carbocycles. The smallest absolute Gasteiger partial charge is 0.0323 e. The van der Waals surface area contributed by atoms with E-state index < -0.39 is 0 Å². The highest BCUT2D eigenvalue weighted by Gasteiger charge is 2.16. The zero-order chi connectivity index (χ0) is 15.0. The Morgan fingerprint density at radius 3 is 2.45 bits per heavy atom. The van der Waals surface area contributed by atoms with E-state index in [9.17, 15) is 0 Å². The van der Waals surface area contributed by atoms with Gasteiger partial charge in [0, 0.05) is 10.5 Å². The molecule has 0 heterocycles. The third kappa shape index (κ3) is 5.97. The predicted molar refractivity (Wildman–Crippen MR) is 93.2 cm³/mol. The molecule has 1 aromatic rings. The van der Waals surface area contributed by atoms with Gasteiger partial charge in [-0.3, -0.25) is 0 Å². The Labute approximate surface area is 133 Å². The standard InChI is InChI=1S/C18H30BrN/c1-5-8-9-15(6-2)12-18(20-7-3)16-10-14(4)11-17(19)13-16/h10-11,13,15,18,20H,5-9,12H2,1-4H3. The largest absolute Gasteiger partial charge is 0.310 e. The summed E-state index contributed by atoms with van der Waals surface area (Å²) in [6.45, 7) is 10.0. The van der Waals surface area contributed by atoms with Crippen LogP contribution < -0.4 is 5.32 Å². The van der Waals surface area contributed by atoms with Crippen LogP contribution in [0.1, 0.15) is 70.0 Å². The van der Waals surface area contributed by atoms with E-state index in [1.807, 2.05) is 0 Å². The third-order valence-electron chi connectivity index (χ3n) is 4.03. The van der Waals surface area contributed by atoms with Gasteiger partial charge in [-0.15, -0.1) is 0 Å². The van der Waals surface area contributed by atoms with E-state index in [1.54, 1.807) is 0 Å². The van der Waals surface area contributed by atoms with Gasteiger partial charge in [0.25, 0.3) is 0 Å². The summed E-state index contributed by atoms with van der Waals surface area (Å²) in [7, 11) is 0. The molecule has 0 aliphatic heterocycles. The Bertz CT molecular complexity index is 369. The lowest BCUT2D eigenvalue weighted by atomic mass is 9.89. The minimum absolute atomic E-state index is 0.484. The van der Waals surface area contributed by atoms with Gasteiger partial charge in [-0.1, -0.05) is 68.5 Å². The van der Waals surface area contributed by atoms with Crippen LogP contribution in [-0.2, 0) is 0 Å². The normalized spacial score (nSPS) is 14.2. The second-order valence-electron chi connectivity index (χ2n) is 5.82. The van der Waals surface area contributed by atoms with Crippen LogP contribution in [0.5, 0.6) is 0 Å². The SMILES string of the molecule is CCCCC(CC)CC(NCC)c1cc(C)cc(Br)c1. The van der Waals surface area contributed by atoms with Crippen molar-refractivity contribution in [2.24, 2.45) is 5.92 Å². The van der Waals surface area contributed by atoms with Crippen LogP contribution >= 0.6 is 15.9 Å². The fourth-order valence-electron chi connectivity index (χ4n) is 2.86. The monoisotopic (exact) mass is 339 g/mol. The molecular formula is C18H30BrN. The molecule has 0 radical (unpaired) electrons. The van der Waals surface area contributed by atoms with E-state index in [1.165, 1.54) is 47.7 Å². The zero-order valence-corrected chi connectivity index (χ0v) is 15.1. The number of benzene rings is 1. The molecule has 0 saturated carbocycles. The summed E-state index contributed by atoms with van der Waals surface area (Å²) in [6.07, 6.45) is 6.56. The van der Waals surface area contributed by atoms with E-state index in [4.69, 9.17) is 0 Å². The molecule has 0 amide bonds. The van der Waals surface area contributed by atoms with Crippen molar-refractivity contribution in [1.82, 2.24) is 5.32 Å².